The molecule has 13 heavy (non-hydrogen) atoms. The first kappa shape index (κ1) is 11.0. The van der Waals surface area contributed by atoms with E-state index in [2.05, 4.69) is 19.2 Å². The summed E-state index contributed by atoms with van der Waals surface area (Å²) in [5.41, 5.74) is 0. The molecule has 78 valence electrons. The topological polar surface area (TPSA) is 30.5 Å². The summed E-state index contributed by atoms with van der Waals surface area (Å²) in [6, 6.07) is 0.562. The molecule has 3 nitrogen and oxygen atoms in total. The molecule has 0 spiro atoms. The Morgan fingerprint density at radius 2 is 2.23 bits per heavy atom. The van der Waals surface area contributed by atoms with Crippen molar-refractivity contribution >= 4 is 0 Å². The van der Waals surface area contributed by atoms with E-state index in [4.69, 9.17) is 9.47 Å². The first-order valence-electron chi connectivity index (χ1n) is 5.08. The van der Waals surface area contributed by atoms with Crippen LogP contribution in [0.1, 0.15) is 34.1 Å². The average Bonchev–Trinajstić information content (AvgIpc) is 2.41. The molecule has 1 fully saturated rings. The van der Waals surface area contributed by atoms with Crippen LogP contribution in [0.15, 0.2) is 0 Å². The summed E-state index contributed by atoms with van der Waals surface area (Å²) in [7, 11) is 0. The molecule has 1 saturated heterocycles. The van der Waals surface area contributed by atoms with Crippen molar-refractivity contribution in [2.45, 2.75) is 52.0 Å². The fourth-order valence-corrected chi connectivity index (χ4v) is 1.34. The van der Waals surface area contributed by atoms with E-state index >= 15 is 0 Å². The van der Waals surface area contributed by atoms with E-state index in [-0.39, 0.29) is 11.9 Å². The third kappa shape index (κ3) is 3.63. The molecule has 3 heteroatoms. The zero-order chi connectivity index (χ0) is 9.90. The Morgan fingerprint density at radius 1 is 1.54 bits per heavy atom. The summed E-state index contributed by atoms with van der Waals surface area (Å²) in [4.78, 5) is 0. The molecule has 1 aliphatic heterocycles. The highest BCUT2D eigenvalue weighted by Gasteiger charge is 2.32. The first-order chi connectivity index (χ1) is 6.03. The third-order valence-electron chi connectivity index (χ3n) is 2.37. The van der Waals surface area contributed by atoms with E-state index < -0.39 is 0 Å². The van der Waals surface area contributed by atoms with Crippen molar-refractivity contribution in [3.8, 4) is 0 Å². The van der Waals surface area contributed by atoms with Gasteiger partial charge in [-0.2, -0.15) is 0 Å². The summed E-state index contributed by atoms with van der Waals surface area (Å²) < 4.78 is 11.1. The quantitative estimate of drug-likeness (QED) is 0.724. The van der Waals surface area contributed by atoms with Crippen molar-refractivity contribution in [1.29, 1.82) is 0 Å². The molecule has 0 aromatic carbocycles. The molecule has 0 radical (unpaired) electrons. The standard InChI is InChI=1S/C10H21NO2/c1-5-8(2)11-6-9-7-12-10(3,4)13-9/h8-9,11H,5-7H2,1-4H3/t8?,9-/m1/s1. The number of rotatable bonds is 4. The minimum absolute atomic E-state index is 0.212. The highest BCUT2D eigenvalue weighted by atomic mass is 16.7. The fraction of sp³-hybridized carbons (Fsp3) is 1.00. The third-order valence-corrected chi connectivity index (χ3v) is 2.37. The lowest BCUT2D eigenvalue weighted by Crippen LogP contribution is -2.35. The van der Waals surface area contributed by atoms with Gasteiger partial charge in [0.1, 0.15) is 0 Å². The fourth-order valence-electron chi connectivity index (χ4n) is 1.34. The zero-order valence-electron chi connectivity index (χ0n) is 9.09. The Balaban J connectivity index is 2.17. The molecule has 1 rings (SSSR count). The molecule has 0 aliphatic carbocycles. The lowest BCUT2D eigenvalue weighted by molar-refractivity contribution is -0.137. The number of nitrogens with one attached hydrogen (secondary N) is 1. The van der Waals surface area contributed by atoms with E-state index in [0.29, 0.717) is 12.6 Å². The highest BCUT2D eigenvalue weighted by Crippen LogP contribution is 2.21. The highest BCUT2D eigenvalue weighted by molar-refractivity contribution is 4.73. The lowest BCUT2D eigenvalue weighted by atomic mass is 10.2. The molecule has 1 unspecified atom stereocenters. The van der Waals surface area contributed by atoms with Crippen LogP contribution in [-0.4, -0.2) is 31.1 Å². The van der Waals surface area contributed by atoms with Gasteiger partial charge in [-0.1, -0.05) is 6.92 Å². The van der Waals surface area contributed by atoms with Crippen LogP contribution in [0.3, 0.4) is 0 Å². The van der Waals surface area contributed by atoms with E-state index in [1.54, 1.807) is 0 Å². The maximum atomic E-state index is 5.66. The molecule has 1 N–H and O–H groups in total. The van der Waals surface area contributed by atoms with Gasteiger partial charge in [0, 0.05) is 12.6 Å². The maximum absolute atomic E-state index is 5.66. The SMILES string of the molecule is CCC(C)NC[C@@H]1COC(C)(C)O1. The molecule has 0 amide bonds. The van der Waals surface area contributed by atoms with Crippen LogP contribution in [0.2, 0.25) is 0 Å². The minimum Gasteiger partial charge on any atom is -0.348 e. The summed E-state index contributed by atoms with van der Waals surface area (Å²) in [6.07, 6.45) is 1.36. The van der Waals surface area contributed by atoms with Gasteiger partial charge < -0.3 is 14.8 Å². The van der Waals surface area contributed by atoms with Crippen molar-refractivity contribution in [2.75, 3.05) is 13.2 Å². The summed E-state index contributed by atoms with van der Waals surface area (Å²) in [6.45, 7) is 9.86. The van der Waals surface area contributed by atoms with Gasteiger partial charge in [0.05, 0.1) is 12.7 Å². The monoisotopic (exact) mass is 187 g/mol. The van der Waals surface area contributed by atoms with Crippen LogP contribution in [0, 0.1) is 0 Å². The van der Waals surface area contributed by atoms with Crippen molar-refractivity contribution in [3.05, 3.63) is 0 Å². The molecule has 0 bridgehead atoms. The number of hydrogen-bond acceptors (Lipinski definition) is 3. The van der Waals surface area contributed by atoms with Crippen molar-refractivity contribution in [1.82, 2.24) is 5.32 Å². The van der Waals surface area contributed by atoms with Gasteiger partial charge in [-0.25, -0.2) is 0 Å². The van der Waals surface area contributed by atoms with Crippen LogP contribution < -0.4 is 5.32 Å². The van der Waals surface area contributed by atoms with Crippen LogP contribution in [0.25, 0.3) is 0 Å². The van der Waals surface area contributed by atoms with Crippen molar-refractivity contribution in [3.63, 3.8) is 0 Å². The number of hydrogen-bond donors (Lipinski definition) is 1. The van der Waals surface area contributed by atoms with Gasteiger partial charge in [-0.15, -0.1) is 0 Å². The Morgan fingerprint density at radius 3 is 2.69 bits per heavy atom. The van der Waals surface area contributed by atoms with E-state index in [9.17, 15) is 0 Å². The van der Waals surface area contributed by atoms with Gasteiger partial charge in [-0.05, 0) is 27.2 Å². The summed E-state index contributed by atoms with van der Waals surface area (Å²) in [5.74, 6) is -0.387. The first-order valence-corrected chi connectivity index (χ1v) is 5.08. The van der Waals surface area contributed by atoms with E-state index in [1.165, 1.54) is 0 Å². The maximum Gasteiger partial charge on any atom is 0.163 e. The van der Waals surface area contributed by atoms with Crippen molar-refractivity contribution < 1.29 is 9.47 Å². The normalized spacial score (nSPS) is 29.1. The Labute approximate surface area is 80.8 Å². The lowest BCUT2D eigenvalue weighted by Gasteiger charge is -2.18. The Kier molecular flexibility index (Phi) is 3.71. The largest absolute Gasteiger partial charge is 0.348 e. The van der Waals surface area contributed by atoms with Gasteiger partial charge in [0.2, 0.25) is 0 Å². The molecule has 2 atom stereocenters. The predicted molar refractivity (Wildman–Crippen MR) is 52.7 cm³/mol. The molecular formula is C10H21NO2. The van der Waals surface area contributed by atoms with Crippen LogP contribution in [0.5, 0.6) is 0 Å². The van der Waals surface area contributed by atoms with Gasteiger partial charge in [-0.3, -0.25) is 0 Å². The molecular weight excluding hydrogens is 166 g/mol. The van der Waals surface area contributed by atoms with Gasteiger partial charge >= 0.3 is 0 Å². The summed E-state index contributed by atoms with van der Waals surface area (Å²) in [5, 5.41) is 3.41. The van der Waals surface area contributed by atoms with E-state index in [1.807, 2.05) is 13.8 Å². The van der Waals surface area contributed by atoms with Crippen molar-refractivity contribution in [2.24, 2.45) is 0 Å². The average molecular weight is 187 g/mol. The van der Waals surface area contributed by atoms with Gasteiger partial charge in [0.15, 0.2) is 5.79 Å². The second-order valence-electron chi connectivity index (χ2n) is 4.17. The predicted octanol–water partition coefficient (Wildman–Crippen LogP) is 1.53. The minimum atomic E-state index is -0.387. The smallest absolute Gasteiger partial charge is 0.163 e. The number of ether oxygens (including phenoxy) is 2. The molecule has 1 aliphatic rings. The van der Waals surface area contributed by atoms with Crippen LogP contribution >= 0.6 is 0 Å². The molecule has 0 saturated carbocycles. The molecule has 0 aromatic rings. The molecule has 1 heterocycles. The Bertz CT molecular complexity index is 159. The molecule has 0 aromatic heterocycles. The van der Waals surface area contributed by atoms with Crippen LogP contribution in [-0.2, 0) is 9.47 Å². The summed E-state index contributed by atoms with van der Waals surface area (Å²) >= 11 is 0. The second kappa shape index (κ2) is 4.40. The van der Waals surface area contributed by atoms with Crippen LogP contribution in [0.4, 0.5) is 0 Å². The zero-order valence-corrected chi connectivity index (χ0v) is 9.09. The van der Waals surface area contributed by atoms with E-state index in [0.717, 1.165) is 13.0 Å². The Hall–Kier alpha value is -0.120. The second-order valence-corrected chi connectivity index (χ2v) is 4.17. The van der Waals surface area contributed by atoms with Gasteiger partial charge in [0.25, 0.3) is 0 Å².